The quantitative estimate of drug-likeness (QED) is 0.535. The molecule has 8 nitrogen and oxygen atoms in total. The van der Waals surface area contributed by atoms with Gasteiger partial charge in [-0.15, -0.1) is 0 Å². The largest absolute Gasteiger partial charge is 0.494 e. The van der Waals surface area contributed by atoms with Crippen molar-refractivity contribution in [1.29, 1.82) is 0 Å². The Labute approximate surface area is 187 Å². The van der Waals surface area contributed by atoms with E-state index in [1.807, 2.05) is 6.92 Å². The van der Waals surface area contributed by atoms with Gasteiger partial charge in [-0.05, 0) is 49.4 Å². The van der Waals surface area contributed by atoms with Crippen molar-refractivity contribution < 1.29 is 27.5 Å². The Morgan fingerprint density at radius 3 is 2.26 bits per heavy atom. The van der Waals surface area contributed by atoms with Gasteiger partial charge in [-0.2, -0.15) is 4.31 Å². The summed E-state index contributed by atoms with van der Waals surface area (Å²) in [5, 5.41) is 2.59. The van der Waals surface area contributed by atoms with Gasteiger partial charge in [0.2, 0.25) is 10.0 Å². The van der Waals surface area contributed by atoms with E-state index in [0.29, 0.717) is 18.0 Å². The Morgan fingerprint density at radius 2 is 1.68 bits per heavy atom. The van der Waals surface area contributed by atoms with Gasteiger partial charge in [0.1, 0.15) is 10.6 Å². The third-order valence-electron chi connectivity index (χ3n) is 4.27. The Hall–Kier alpha value is -2.62. The van der Waals surface area contributed by atoms with Gasteiger partial charge in [0, 0.05) is 18.8 Å². The molecule has 10 heteroatoms. The second kappa shape index (κ2) is 11.1. The number of sulfonamides is 1. The molecule has 0 atom stereocenters. The van der Waals surface area contributed by atoms with E-state index in [9.17, 15) is 18.0 Å². The molecular weight excluding hydrogens is 444 g/mol. The number of amides is 1. The monoisotopic (exact) mass is 468 g/mol. The summed E-state index contributed by atoms with van der Waals surface area (Å²) in [6.45, 7) is 5.79. The molecule has 0 fully saturated rings. The van der Waals surface area contributed by atoms with Gasteiger partial charge in [-0.1, -0.05) is 25.4 Å². The highest BCUT2D eigenvalue weighted by Gasteiger charge is 2.26. The summed E-state index contributed by atoms with van der Waals surface area (Å²) < 4.78 is 37.1. The van der Waals surface area contributed by atoms with Gasteiger partial charge in [-0.25, -0.2) is 13.2 Å². The molecule has 1 amide bonds. The van der Waals surface area contributed by atoms with Crippen LogP contribution in [0.4, 0.5) is 5.69 Å². The standard InChI is InChI=1S/C21H25ClN2O6S/c1-4-24(5-2)31(27,28)19-13-15(7-12-18(19)22)21(26)30-14-20(25)23-16-8-10-17(11-9-16)29-6-3/h7-13H,4-6,14H2,1-3H3,(H,23,25). The van der Waals surface area contributed by atoms with Gasteiger partial charge in [0.15, 0.2) is 6.61 Å². The predicted octanol–water partition coefficient (Wildman–Crippen LogP) is 3.56. The van der Waals surface area contributed by atoms with E-state index in [2.05, 4.69) is 5.32 Å². The smallest absolute Gasteiger partial charge is 0.338 e. The number of nitrogens with zero attached hydrogens (tertiary/aromatic N) is 1. The molecule has 0 unspecified atom stereocenters. The summed E-state index contributed by atoms with van der Waals surface area (Å²) in [6, 6.07) is 10.5. The molecule has 2 rings (SSSR count). The van der Waals surface area contributed by atoms with E-state index in [1.165, 1.54) is 16.4 Å². The highest BCUT2D eigenvalue weighted by atomic mass is 35.5. The zero-order chi connectivity index (χ0) is 23.0. The highest BCUT2D eigenvalue weighted by molar-refractivity contribution is 7.89. The number of ether oxygens (including phenoxy) is 2. The van der Waals surface area contributed by atoms with Crippen LogP contribution < -0.4 is 10.1 Å². The molecule has 168 valence electrons. The van der Waals surface area contributed by atoms with Crippen LogP contribution in [0, 0.1) is 0 Å². The normalized spacial score (nSPS) is 11.3. The van der Waals surface area contributed by atoms with Crippen LogP contribution in [0.5, 0.6) is 5.75 Å². The average Bonchev–Trinajstić information content (AvgIpc) is 2.74. The third kappa shape index (κ3) is 6.43. The molecular formula is C21H25ClN2O6S. The molecule has 0 aliphatic carbocycles. The maximum absolute atomic E-state index is 12.7. The van der Waals surface area contributed by atoms with Gasteiger partial charge in [0.25, 0.3) is 5.91 Å². The summed E-state index contributed by atoms with van der Waals surface area (Å²) in [5.41, 5.74) is 0.493. The van der Waals surface area contributed by atoms with E-state index in [-0.39, 0.29) is 28.6 Å². The lowest BCUT2D eigenvalue weighted by molar-refractivity contribution is -0.119. The minimum absolute atomic E-state index is 0.00306. The van der Waals surface area contributed by atoms with Crippen molar-refractivity contribution in [2.24, 2.45) is 0 Å². The summed E-state index contributed by atoms with van der Waals surface area (Å²) in [5.74, 6) is -0.706. The highest BCUT2D eigenvalue weighted by Crippen LogP contribution is 2.26. The van der Waals surface area contributed by atoms with Crippen molar-refractivity contribution in [3.05, 3.63) is 53.1 Å². The van der Waals surface area contributed by atoms with Gasteiger partial charge >= 0.3 is 5.97 Å². The average molecular weight is 469 g/mol. The number of nitrogens with one attached hydrogen (secondary N) is 1. The van der Waals surface area contributed by atoms with Crippen LogP contribution in [0.1, 0.15) is 31.1 Å². The molecule has 0 saturated carbocycles. The van der Waals surface area contributed by atoms with Crippen LogP contribution in [-0.4, -0.2) is 50.9 Å². The Kier molecular flexibility index (Phi) is 8.85. The Morgan fingerprint density at radius 1 is 1.03 bits per heavy atom. The number of carbonyl (C=O) groups is 2. The molecule has 1 N–H and O–H groups in total. The van der Waals surface area contributed by atoms with Gasteiger partial charge in [-0.3, -0.25) is 4.79 Å². The first-order chi connectivity index (χ1) is 14.7. The molecule has 0 aliphatic heterocycles. The fourth-order valence-corrected chi connectivity index (χ4v) is 4.70. The maximum Gasteiger partial charge on any atom is 0.338 e. The van der Waals surface area contributed by atoms with Crippen molar-refractivity contribution in [2.45, 2.75) is 25.7 Å². The fraction of sp³-hybridized carbons (Fsp3) is 0.333. The number of hydrogen-bond acceptors (Lipinski definition) is 6. The zero-order valence-corrected chi connectivity index (χ0v) is 19.1. The molecule has 0 radical (unpaired) electrons. The van der Waals surface area contributed by atoms with E-state index in [1.54, 1.807) is 38.1 Å². The number of rotatable bonds is 10. The lowest BCUT2D eigenvalue weighted by Gasteiger charge is -2.19. The minimum atomic E-state index is -3.86. The van der Waals surface area contributed by atoms with Crippen molar-refractivity contribution in [3.63, 3.8) is 0 Å². The number of hydrogen-bond donors (Lipinski definition) is 1. The van der Waals surface area contributed by atoms with Crippen molar-refractivity contribution in [3.8, 4) is 5.75 Å². The van der Waals surface area contributed by atoms with Crippen LogP contribution in [0.15, 0.2) is 47.4 Å². The van der Waals surface area contributed by atoms with E-state index >= 15 is 0 Å². The molecule has 2 aromatic carbocycles. The van der Waals surface area contributed by atoms with E-state index in [0.717, 1.165) is 6.07 Å². The summed E-state index contributed by atoms with van der Waals surface area (Å²) in [7, 11) is -3.86. The summed E-state index contributed by atoms with van der Waals surface area (Å²) in [6.07, 6.45) is 0. The number of anilines is 1. The van der Waals surface area contributed by atoms with Crippen LogP contribution >= 0.6 is 11.6 Å². The zero-order valence-electron chi connectivity index (χ0n) is 17.6. The molecule has 0 aromatic heterocycles. The van der Waals surface area contributed by atoms with E-state index in [4.69, 9.17) is 21.1 Å². The van der Waals surface area contributed by atoms with Crippen molar-refractivity contribution in [1.82, 2.24) is 4.31 Å². The van der Waals surface area contributed by atoms with Gasteiger partial charge < -0.3 is 14.8 Å². The SMILES string of the molecule is CCOc1ccc(NC(=O)COC(=O)c2ccc(Cl)c(S(=O)(=O)N(CC)CC)c2)cc1. The lowest BCUT2D eigenvalue weighted by atomic mass is 10.2. The number of esters is 1. The van der Waals surface area contributed by atoms with Crippen LogP contribution in [-0.2, 0) is 19.6 Å². The first kappa shape index (κ1) is 24.6. The Balaban J connectivity index is 2.04. The fourth-order valence-electron chi connectivity index (χ4n) is 2.74. The van der Waals surface area contributed by atoms with Crippen molar-refractivity contribution in [2.75, 3.05) is 31.6 Å². The van der Waals surface area contributed by atoms with Gasteiger partial charge in [0.05, 0.1) is 17.2 Å². The summed E-state index contributed by atoms with van der Waals surface area (Å²) >= 11 is 6.06. The van der Waals surface area contributed by atoms with Crippen molar-refractivity contribution >= 4 is 39.2 Å². The first-order valence-electron chi connectivity index (χ1n) is 9.72. The summed E-state index contributed by atoms with van der Waals surface area (Å²) in [4.78, 5) is 24.2. The molecule has 0 aliphatic rings. The number of benzene rings is 2. The molecule has 0 spiro atoms. The second-order valence-electron chi connectivity index (χ2n) is 6.32. The maximum atomic E-state index is 12.7. The lowest BCUT2D eigenvalue weighted by Crippen LogP contribution is -2.31. The van der Waals surface area contributed by atoms with Crippen LogP contribution in [0.2, 0.25) is 5.02 Å². The third-order valence-corrected chi connectivity index (χ3v) is 6.81. The topological polar surface area (TPSA) is 102 Å². The number of carbonyl (C=O) groups excluding carboxylic acids is 2. The first-order valence-corrected chi connectivity index (χ1v) is 11.5. The molecule has 31 heavy (non-hydrogen) atoms. The molecule has 2 aromatic rings. The minimum Gasteiger partial charge on any atom is -0.494 e. The molecule has 0 bridgehead atoms. The van der Waals surface area contributed by atoms with Crippen LogP contribution in [0.25, 0.3) is 0 Å². The molecule has 0 saturated heterocycles. The van der Waals surface area contributed by atoms with E-state index < -0.39 is 28.5 Å². The predicted molar refractivity (Wildman–Crippen MR) is 118 cm³/mol. The number of halogens is 1. The second-order valence-corrected chi connectivity index (χ2v) is 8.63. The Bertz CT molecular complexity index is 1020. The van der Waals surface area contributed by atoms with Crippen LogP contribution in [0.3, 0.4) is 0 Å². The molecule has 0 heterocycles.